The zero-order chi connectivity index (χ0) is 16.3. The van der Waals surface area contributed by atoms with Gasteiger partial charge in [0, 0.05) is 5.41 Å². The van der Waals surface area contributed by atoms with Gasteiger partial charge in [0.05, 0.1) is 12.2 Å². The van der Waals surface area contributed by atoms with E-state index in [4.69, 9.17) is 0 Å². The highest BCUT2D eigenvalue weighted by Gasteiger charge is 2.58. The van der Waals surface area contributed by atoms with Crippen LogP contribution in [0.4, 0.5) is 0 Å². The minimum absolute atomic E-state index is 0.0275. The largest absolute Gasteiger partial charge is 0.393 e. The lowest BCUT2D eigenvalue weighted by Crippen LogP contribution is -2.58. The van der Waals surface area contributed by atoms with Crippen molar-refractivity contribution in [1.82, 2.24) is 0 Å². The van der Waals surface area contributed by atoms with E-state index in [2.05, 4.69) is 40.3 Å². The molecule has 124 valence electrons. The van der Waals surface area contributed by atoms with Gasteiger partial charge in [-0.1, -0.05) is 39.8 Å². The Bertz CT molecular complexity index is 506. The summed E-state index contributed by atoms with van der Waals surface area (Å²) in [7, 11) is 0. The van der Waals surface area contributed by atoms with Crippen molar-refractivity contribution in [3.8, 4) is 0 Å². The topological polar surface area (TPSA) is 40.5 Å². The molecule has 0 aliphatic heterocycles. The Hall–Kier alpha value is -0.600. The number of hydrogen-bond acceptors (Lipinski definition) is 2. The van der Waals surface area contributed by atoms with Gasteiger partial charge in [0.1, 0.15) is 0 Å². The zero-order valence-electron chi connectivity index (χ0n) is 14.6. The fourth-order valence-electron chi connectivity index (χ4n) is 5.80. The molecule has 2 saturated carbocycles. The molecule has 2 fully saturated rings. The highest BCUT2D eigenvalue weighted by Crippen LogP contribution is 2.63. The van der Waals surface area contributed by atoms with E-state index in [1.54, 1.807) is 0 Å². The third-order valence-electron chi connectivity index (χ3n) is 7.49. The lowest BCUT2D eigenvalue weighted by molar-refractivity contribution is -0.143. The third-order valence-corrected chi connectivity index (χ3v) is 7.49. The van der Waals surface area contributed by atoms with Crippen LogP contribution in [0.1, 0.15) is 59.8 Å². The Morgan fingerprint density at radius 2 is 1.82 bits per heavy atom. The van der Waals surface area contributed by atoms with Gasteiger partial charge < -0.3 is 10.2 Å². The molecule has 0 radical (unpaired) electrons. The van der Waals surface area contributed by atoms with Crippen LogP contribution in [0.15, 0.2) is 24.3 Å². The van der Waals surface area contributed by atoms with Crippen molar-refractivity contribution in [2.24, 2.45) is 28.1 Å². The van der Waals surface area contributed by atoms with Gasteiger partial charge in [-0.15, -0.1) is 6.58 Å². The second-order valence-corrected chi connectivity index (χ2v) is 9.13. The number of allylic oxidation sites excluding steroid dienone is 2. The third kappa shape index (κ3) is 2.14. The first kappa shape index (κ1) is 16.3. The summed E-state index contributed by atoms with van der Waals surface area (Å²) in [6.07, 6.45) is 8.73. The highest BCUT2D eigenvalue weighted by atomic mass is 16.3. The Labute approximate surface area is 135 Å². The van der Waals surface area contributed by atoms with Crippen molar-refractivity contribution in [2.75, 3.05) is 0 Å². The summed E-state index contributed by atoms with van der Waals surface area (Å²) in [5.41, 5.74) is 1.37. The van der Waals surface area contributed by atoms with E-state index >= 15 is 0 Å². The number of aliphatic hydroxyl groups excluding tert-OH is 2. The van der Waals surface area contributed by atoms with E-state index in [1.807, 2.05) is 6.08 Å². The Morgan fingerprint density at radius 3 is 2.45 bits per heavy atom. The van der Waals surface area contributed by atoms with Gasteiger partial charge in [0.2, 0.25) is 0 Å². The van der Waals surface area contributed by atoms with E-state index in [0.717, 1.165) is 32.1 Å². The fourth-order valence-corrected chi connectivity index (χ4v) is 5.80. The molecule has 3 rings (SSSR count). The molecule has 2 nitrogen and oxygen atoms in total. The monoisotopic (exact) mass is 304 g/mol. The van der Waals surface area contributed by atoms with Crippen LogP contribution < -0.4 is 0 Å². The molecule has 0 unspecified atom stereocenters. The molecule has 0 saturated heterocycles. The second-order valence-electron chi connectivity index (χ2n) is 9.13. The molecule has 0 bridgehead atoms. The lowest BCUT2D eigenvalue weighted by Gasteiger charge is -2.61. The van der Waals surface area contributed by atoms with E-state index < -0.39 is 0 Å². The maximum Gasteiger partial charge on any atom is 0.0756 e. The zero-order valence-corrected chi connectivity index (χ0v) is 14.6. The molecule has 6 atom stereocenters. The van der Waals surface area contributed by atoms with Gasteiger partial charge in [0.25, 0.3) is 0 Å². The standard InChI is InChI=1S/C20H32O2/c1-6-19(4)9-7-14-13(12-19)15(21)11-16-18(2,3)17(22)8-10-20(14,16)5/h6,12,14-17,21-22H,1,7-11H2,2-5H3/t14-,15-,16-,17-,19+,20+/m1/s1. The summed E-state index contributed by atoms with van der Waals surface area (Å²) >= 11 is 0. The van der Waals surface area contributed by atoms with Crippen molar-refractivity contribution in [1.29, 1.82) is 0 Å². The number of fused-ring (bicyclic) bond motifs is 3. The van der Waals surface area contributed by atoms with E-state index in [1.165, 1.54) is 5.57 Å². The molecule has 0 aromatic rings. The summed E-state index contributed by atoms with van der Waals surface area (Å²) in [5.74, 6) is 0.843. The molecule has 0 amide bonds. The normalized spacial score (nSPS) is 50.5. The summed E-state index contributed by atoms with van der Waals surface area (Å²) in [5, 5.41) is 21.3. The van der Waals surface area contributed by atoms with Gasteiger partial charge in [-0.05, 0) is 60.3 Å². The predicted octanol–water partition coefficient (Wildman–Crippen LogP) is 4.08. The minimum atomic E-state index is -0.354. The van der Waals surface area contributed by atoms with Gasteiger partial charge in [-0.3, -0.25) is 0 Å². The van der Waals surface area contributed by atoms with Crippen molar-refractivity contribution in [2.45, 2.75) is 72.0 Å². The highest BCUT2D eigenvalue weighted by molar-refractivity contribution is 5.29. The summed E-state index contributed by atoms with van der Waals surface area (Å²) in [6.45, 7) is 13.0. The molecule has 2 N–H and O–H groups in total. The van der Waals surface area contributed by atoms with Gasteiger partial charge in [0.15, 0.2) is 0 Å². The van der Waals surface area contributed by atoms with Gasteiger partial charge in [-0.25, -0.2) is 0 Å². The summed E-state index contributed by atoms with van der Waals surface area (Å²) in [4.78, 5) is 0. The van der Waals surface area contributed by atoms with Crippen molar-refractivity contribution in [3.63, 3.8) is 0 Å². The maximum atomic E-state index is 10.8. The lowest BCUT2D eigenvalue weighted by atomic mass is 9.44. The first-order valence-electron chi connectivity index (χ1n) is 8.86. The number of rotatable bonds is 1. The molecule has 3 aliphatic rings. The van der Waals surface area contributed by atoms with Gasteiger partial charge in [-0.2, -0.15) is 0 Å². The molecule has 2 heteroatoms. The molecule has 3 aliphatic carbocycles. The molecular formula is C20H32O2. The first-order chi connectivity index (χ1) is 10.1. The van der Waals surface area contributed by atoms with Crippen LogP contribution in [0.25, 0.3) is 0 Å². The maximum absolute atomic E-state index is 10.8. The Balaban J connectivity index is 2.03. The minimum Gasteiger partial charge on any atom is -0.393 e. The molecule has 0 aromatic heterocycles. The fraction of sp³-hybridized carbons (Fsp3) is 0.800. The predicted molar refractivity (Wildman–Crippen MR) is 90.4 cm³/mol. The Kier molecular flexibility index (Phi) is 3.66. The molecule has 0 heterocycles. The molecule has 0 aromatic carbocycles. The van der Waals surface area contributed by atoms with Crippen molar-refractivity contribution < 1.29 is 10.2 Å². The van der Waals surface area contributed by atoms with Gasteiger partial charge >= 0.3 is 0 Å². The molecule has 0 spiro atoms. The van der Waals surface area contributed by atoms with Crippen LogP contribution in [0.2, 0.25) is 0 Å². The second kappa shape index (κ2) is 4.95. The quantitative estimate of drug-likeness (QED) is 0.717. The number of hydrogen-bond donors (Lipinski definition) is 2. The Morgan fingerprint density at radius 1 is 1.14 bits per heavy atom. The van der Waals surface area contributed by atoms with Crippen LogP contribution in [-0.4, -0.2) is 22.4 Å². The molecular weight excluding hydrogens is 272 g/mol. The van der Waals surface area contributed by atoms with E-state index in [0.29, 0.717) is 11.8 Å². The van der Waals surface area contributed by atoms with Crippen molar-refractivity contribution >= 4 is 0 Å². The smallest absolute Gasteiger partial charge is 0.0756 e. The average Bonchev–Trinajstić information content (AvgIpc) is 2.47. The van der Waals surface area contributed by atoms with Crippen molar-refractivity contribution in [3.05, 3.63) is 24.3 Å². The number of aliphatic hydroxyl groups is 2. The summed E-state index contributed by atoms with van der Waals surface area (Å²) in [6, 6.07) is 0. The first-order valence-corrected chi connectivity index (χ1v) is 8.86. The average molecular weight is 304 g/mol. The van der Waals surface area contributed by atoms with Crippen LogP contribution in [-0.2, 0) is 0 Å². The summed E-state index contributed by atoms with van der Waals surface area (Å²) < 4.78 is 0. The van der Waals surface area contributed by atoms with Crippen LogP contribution in [0, 0.1) is 28.1 Å². The molecule has 22 heavy (non-hydrogen) atoms. The van der Waals surface area contributed by atoms with E-state index in [9.17, 15) is 10.2 Å². The van der Waals surface area contributed by atoms with E-state index in [-0.39, 0.29) is 28.5 Å². The van der Waals surface area contributed by atoms with Crippen LogP contribution in [0.5, 0.6) is 0 Å². The van der Waals surface area contributed by atoms with Crippen LogP contribution >= 0.6 is 0 Å². The SMILES string of the molecule is C=C[C@]1(C)C=C2[C@H](O)C[C@@H]3C(C)(C)[C@H](O)CC[C@@]3(C)[C@@H]2CC1. The van der Waals surface area contributed by atoms with Crippen LogP contribution in [0.3, 0.4) is 0 Å².